The third kappa shape index (κ3) is 3.48. The van der Waals surface area contributed by atoms with Gasteiger partial charge in [-0.15, -0.1) is 0 Å². The van der Waals surface area contributed by atoms with Crippen molar-refractivity contribution in [2.24, 2.45) is 5.92 Å². The van der Waals surface area contributed by atoms with Crippen LogP contribution in [-0.2, 0) is 6.54 Å². The Hall–Kier alpha value is -1.03. The van der Waals surface area contributed by atoms with Crippen LogP contribution >= 0.6 is 0 Å². The fourth-order valence-corrected chi connectivity index (χ4v) is 2.40. The Bertz CT molecular complexity index is 362. The second-order valence-corrected chi connectivity index (χ2v) is 5.52. The molecule has 0 bridgehead atoms. The summed E-state index contributed by atoms with van der Waals surface area (Å²) in [7, 11) is 0. The van der Waals surface area contributed by atoms with Crippen LogP contribution < -0.4 is 10.2 Å². The van der Waals surface area contributed by atoms with Gasteiger partial charge in [-0.05, 0) is 18.8 Å². The third-order valence-corrected chi connectivity index (χ3v) is 3.60. The number of aromatic nitrogens is 1. The van der Waals surface area contributed by atoms with E-state index in [0.717, 1.165) is 37.3 Å². The van der Waals surface area contributed by atoms with E-state index >= 15 is 0 Å². The van der Waals surface area contributed by atoms with Gasteiger partial charge in [0.2, 0.25) is 0 Å². The quantitative estimate of drug-likeness (QED) is 0.873. The van der Waals surface area contributed by atoms with E-state index < -0.39 is 0 Å². The standard InChI is InChI=1S/C14H25N3O/c1-4-12-6-5-7-17(9-12)14-16-13(10-18-14)8-15-11(2)3/h10-12,15H,4-9H2,1-3H3. The highest BCUT2D eigenvalue weighted by Crippen LogP contribution is 2.24. The van der Waals surface area contributed by atoms with Gasteiger partial charge in [-0.3, -0.25) is 0 Å². The lowest BCUT2D eigenvalue weighted by atomic mass is 9.96. The molecule has 1 N–H and O–H groups in total. The van der Waals surface area contributed by atoms with Crippen molar-refractivity contribution in [2.45, 2.75) is 52.6 Å². The largest absolute Gasteiger partial charge is 0.432 e. The van der Waals surface area contributed by atoms with E-state index in [1.54, 1.807) is 6.26 Å². The van der Waals surface area contributed by atoms with E-state index in [9.17, 15) is 0 Å². The SMILES string of the molecule is CCC1CCCN(c2nc(CNC(C)C)co2)C1. The molecule has 1 aliphatic rings. The van der Waals surface area contributed by atoms with Crippen LogP contribution in [0.2, 0.25) is 0 Å². The molecule has 1 fully saturated rings. The fourth-order valence-electron chi connectivity index (χ4n) is 2.40. The Morgan fingerprint density at radius 3 is 3.11 bits per heavy atom. The highest BCUT2D eigenvalue weighted by Gasteiger charge is 2.21. The minimum Gasteiger partial charge on any atom is -0.432 e. The Balaban J connectivity index is 1.92. The molecule has 102 valence electrons. The molecule has 0 aromatic carbocycles. The molecular formula is C14H25N3O. The zero-order valence-corrected chi connectivity index (χ0v) is 11.8. The topological polar surface area (TPSA) is 41.3 Å². The second kappa shape index (κ2) is 6.23. The summed E-state index contributed by atoms with van der Waals surface area (Å²) in [5.41, 5.74) is 0.998. The Kier molecular flexibility index (Phi) is 4.64. The smallest absolute Gasteiger partial charge is 0.297 e. The summed E-state index contributed by atoms with van der Waals surface area (Å²) < 4.78 is 5.60. The molecule has 0 radical (unpaired) electrons. The van der Waals surface area contributed by atoms with Crippen LogP contribution in [0.5, 0.6) is 0 Å². The van der Waals surface area contributed by atoms with Crippen LogP contribution in [0.15, 0.2) is 10.7 Å². The van der Waals surface area contributed by atoms with Crippen molar-refractivity contribution in [3.63, 3.8) is 0 Å². The number of oxazole rings is 1. The maximum atomic E-state index is 5.60. The average Bonchev–Trinajstić information content (AvgIpc) is 2.85. The van der Waals surface area contributed by atoms with Crippen molar-refractivity contribution in [1.82, 2.24) is 10.3 Å². The van der Waals surface area contributed by atoms with Crippen LogP contribution in [0.25, 0.3) is 0 Å². The van der Waals surface area contributed by atoms with E-state index in [2.05, 4.69) is 36.0 Å². The van der Waals surface area contributed by atoms with Crippen molar-refractivity contribution in [1.29, 1.82) is 0 Å². The predicted molar refractivity (Wildman–Crippen MR) is 73.7 cm³/mol. The van der Waals surface area contributed by atoms with Gasteiger partial charge < -0.3 is 14.6 Å². The van der Waals surface area contributed by atoms with Crippen LogP contribution in [0.3, 0.4) is 0 Å². The first-order valence-electron chi connectivity index (χ1n) is 7.11. The summed E-state index contributed by atoms with van der Waals surface area (Å²) in [6, 6.07) is 1.28. The van der Waals surface area contributed by atoms with E-state index in [0.29, 0.717) is 6.04 Å². The molecule has 18 heavy (non-hydrogen) atoms. The lowest BCUT2D eigenvalue weighted by Gasteiger charge is -2.30. The lowest BCUT2D eigenvalue weighted by Crippen LogP contribution is -2.35. The zero-order valence-electron chi connectivity index (χ0n) is 11.8. The Morgan fingerprint density at radius 1 is 1.56 bits per heavy atom. The minimum absolute atomic E-state index is 0.476. The third-order valence-electron chi connectivity index (χ3n) is 3.60. The summed E-state index contributed by atoms with van der Waals surface area (Å²) in [4.78, 5) is 6.86. The summed E-state index contributed by atoms with van der Waals surface area (Å²) >= 11 is 0. The van der Waals surface area contributed by atoms with Crippen molar-refractivity contribution >= 4 is 6.01 Å². The molecule has 1 unspecified atom stereocenters. The summed E-state index contributed by atoms with van der Waals surface area (Å²) in [6.45, 7) is 9.49. The molecule has 2 heterocycles. The summed E-state index contributed by atoms with van der Waals surface area (Å²) in [5.74, 6) is 0.794. The summed E-state index contributed by atoms with van der Waals surface area (Å²) in [5, 5.41) is 3.36. The monoisotopic (exact) mass is 251 g/mol. The molecule has 0 aliphatic carbocycles. The Labute approximate surface area is 110 Å². The first kappa shape index (κ1) is 13.4. The number of nitrogens with one attached hydrogen (secondary N) is 1. The number of hydrogen-bond acceptors (Lipinski definition) is 4. The van der Waals surface area contributed by atoms with Crippen molar-refractivity contribution in [2.75, 3.05) is 18.0 Å². The molecule has 1 aliphatic heterocycles. The zero-order chi connectivity index (χ0) is 13.0. The fraction of sp³-hybridized carbons (Fsp3) is 0.786. The Morgan fingerprint density at radius 2 is 2.39 bits per heavy atom. The summed E-state index contributed by atoms with van der Waals surface area (Å²) in [6.07, 6.45) is 5.62. The maximum Gasteiger partial charge on any atom is 0.297 e. The lowest BCUT2D eigenvalue weighted by molar-refractivity contribution is 0.384. The first-order chi connectivity index (χ1) is 8.69. The van der Waals surface area contributed by atoms with Crippen LogP contribution in [0.1, 0.15) is 45.7 Å². The number of hydrogen-bond donors (Lipinski definition) is 1. The van der Waals surface area contributed by atoms with Gasteiger partial charge in [0.15, 0.2) is 0 Å². The van der Waals surface area contributed by atoms with Crippen LogP contribution in [0, 0.1) is 5.92 Å². The molecule has 4 nitrogen and oxygen atoms in total. The predicted octanol–water partition coefficient (Wildman–Crippen LogP) is 2.80. The van der Waals surface area contributed by atoms with Gasteiger partial charge in [-0.2, -0.15) is 4.98 Å². The highest BCUT2D eigenvalue weighted by molar-refractivity contribution is 5.27. The molecule has 1 aromatic rings. The molecule has 0 spiro atoms. The molecule has 1 saturated heterocycles. The van der Waals surface area contributed by atoms with Gasteiger partial charge >= 0.3 is 0 Å². The molecule has 0 amide bonds. The van der Waals surface area contributed by atoms with Crippen molar-refractivity contribution in [3.8, 4) is 0 Å². The van der Waals surface area contributed by atoms with Gasteiger partial charge in [-0.25, -0.2) is 0 Å². The van der Waals surface area contributed by atoms with E-state index in [1.807, 2.05) is 0 Å². The van der Waals surface area contributed by atoms with Gasteiger partial charge in [0.1, 0.15) is 6.26 Å². The van der Waals surface area contributed by atoms with Crippen molar-refractivity contribution < 1.29 is 4.42 Å². The van der Waals surface area contributed by atoms with E-state index in [1.165, 1.54) is 19.3 Å². The second-order valence-electron chi connectivity index (χ2n) is 5.52. The van der Waals surface area contributed by atoms with Gasteiger partial charge in [0, 0.05) is 25.7 Å². The molecule has 2 rings (SSSR count). The van der Waals surface area contributed by atoms with E-state index in [4.69, 9.17) is 4.42 Å². The number of piperidine rings is 1. The molecule has 4 heteroatoms. The maximum absolute atomic E-state index is 5.60. The van der Waals surface area contributed by atoms with Crippen molar-refractivity contribution in [3.05, 3.63) is 12.0 Å². The average molecular weight is 251 g/mol. The van der Waals surface area contributed by atoms with Gasteiger partial charge in [0.25, 0.3) is 6.01 Å². The highest BCUT2D eigenvalue weighted by atomic mass is 16.4. The number of nitrogens with zero attached hydrogens (tertiary/aromatic N) is 2. The molecule has 1 aromatic heterocycles. The van der Waals surface area contributed by atoms with Gasteiger partial charge in [0.05, 0.1) is 5.69 Å². The molecule has 0 saturated carbocycles. The first-order valence-corrected chi connectivity index (χ1v) is 7.11. The number of anilines is 1. The van der Waals surface area contributed by atoms with Gasteiger partial charge in [-0.1, -0.05) is 27.2 Å². The van der Waals surface area contributed by atoms with Crippen LogP contribution in [0.4, 0.5) is 6.01 Å². The molecule has 1 atom stereocenters. The number of rotatable bonds is 5. The molecular weight excluding hydrogens is 226 g/mol. The van der Waals surface area contributed by atoms with Crippen LogP contribution in [-0.4, -0.2) is 24.1 Å². The normalized spacial score (nSPS) is 20.7. The minimum atomic E-state index is 0.476. The van der Waals surface area contributed by atoms with E-state index in [-0.39, 0.29) is 0 Å².